The largest absolute Gasteiger partial charge is 0.495 e. The molecule has 1 fully saturated rings. The smallest absolute Gasteiger partial charge is 0.219 e. The summed E-state index contributed by atoms with van der Waals surface area (Å²) in [6.07, 6.45) is 5.41. The number of amides is 1. The zero-order chi connectivity index (χ0) is 15.5. The topological polar surface area (TPSA) is 50.6 Å². The molecule has 0 saturated carbocycles. The van der Waals surface area contributed by atoms with E-state index in [4.69, 9.17) is 4.74 Å². The van der Waals surface area contributed by atoms with Crippen LogP contribution in [0.25, 0.3) is 5.69 Å². The highest BCUT2D eigenvalue weighted by atomic mass is 16.5. The van der Waals surface area contributed by atoms with Crippen molar-refractivity contribution in [3.05, 3.63) is 36.9 Å². The van der Waals surface area contributed by atoms with Gasteiger partial charge < -0.3 is 19.1 Å². The number of carbonyl (C=O) groups is 1. The van der Waals surface area contributed by atoms with Crippen molar-refractivity contribution in [2.75, 3.05) is 38.2 Å². The number of ether oxygens (including phenoxy) is 1. The molecular formula is C16H20N4O2. The Labute approximate surface area is 129 Å². The third kappa shape index (κ3) is 2.77. The molecule has 0 unspecified atom stereocenters. The van der Waals surface area contributed by atoms with Crippen molar-refractivity contribution in [3.8, 4) is 11.4 Å². The van der Waals surface area contributed by atoms with E-state index in [9.17, 15) is 4.79 Å². The van der Waals surface area contributed by atoms with Gasteiger partial charge in [-0.15, -0.1) is 0 Å². The van der Waals surface area contributed by atoms with Gasteiger partial charge in [0.2, 0.25) is 5.91 Å². The summed E-state index contributed by atoms with van der Waals surface area (Å²) in [5.74, 6) is 0.956. The van der Waals surface area contributed by atoms with Crippen molar-refractivity contribution in [2.45, 2.75) is 6.92 Å². The van der Waals surface area contributed by atoms with Crippen LogP contribution in [0.2, 0.25) is 0 Å². The van der Waals surface area contributed by atoms with Gasteiger partial charge >= 0.3 is 0 Å². The number of hydrogen-bond acceptors (Lipinski definition) is 4. The summed E-state index contributed by atoms with van der Waals surface area (Å²) in [6.45, 7) is 4.84. The molecule has 0 spiro atoms. The molecular weight excluding hydrogens is 280 g/mol. The Morgan fingerprint density at radius 3 is 2.59 bits per heavy atom. The van der Waals surface area contributed by atoms with Crippen LogP contribution in [0.4, 0.5) is 5.69 Å². The monoisotopic (exact) mass is 300 g/mol. The first-order chi connectivity index (χ1) is 10.7. The minimum atomic E-state index is 0.147. The van der Waals surface area contributed by atoms with Crippen LogP contribution < -0.4 is 9.64 Å². The molecule has 1 aliphatic rings. The highest BCUT2D eigenvalue weighted by Crippen LogP contribution is 2.28. The molecule has 0 aliphatic carbocycles. The Kier molecular flexibility index (Phi) is 4.00. The van der Waals surface area contributed by atoms with Crippen molar-refractivity contribution >= 4 is 11.6 Å². The van der Waals surface area contributed by atoms with E-state index in [1.165, 1.54) is 0 Å². The molecule has 2 heterocycles. The number of carbonyl (C=O) groups excluding carboxylic acids is 1. The number of hydrogen-bond donors (Lipinski definition) is 0. The predicted octanol–water partition coefficient (Wildman–Crippen LogP) is 1.55. The maximum absolute atomic E-state index is 11.4. The first-order valence-corrected chi connectivity index (χ1v) is 7.36. The zero-order valence-electron chi connectivity index (χ0n) is 12.9. The van der Waals surface area contributed by atoms with Gasteiger partial charge in [0.05, 0.1) is 19.1 Å². The summed E-state index contributed by atoms with van der Waals surface area (Å²) >= 11 is 0. The second-order valence-corrected chi connectivity index (χ2v) is 5.32. The third-order valence-corrected chi connectivity index (χ3v) is 4.04. The second kappa shape index (κ2) is 6.09. The lowest BCUT2D eigenvalue weighted by atomic mass is 10.2. The van der Waals surface area contributed by atoms with Gasteiger partial charge in [0.15, 0.2) is 0 Å². The van der Waals surface area contributed by atoms with Crippen molar-refractivity contribution < 1.29 is 9.53 Å². The molecule has 1 aromatic carbocycles. The fourth-order valence-corrected chi connectivity index (χ4v) is 2.76. The SMILES string of the molecule is COc1ccc(N2CCN(C(C)=O)CC2)cc1-n1ccnc1. The van der Waals surface area contributed by atoms with Gasteiger partial charge in [0, 0.05) is 51.2 Å². The van der Waals surface area contributed by atoms with Crippen molar-refractivity contribution in [3.63, 3.8) is 0 Å². The molecule has 2 aromatic rings. The Morgan fingerprint density at radius 1 is 1.23 bits per heavy atom. The lowest BCUT2D eigenvalue weighted by molar-refractivity contribution is -0.129. The van der Waals surface area contributed by atoms with Gasteiger partial charge in [-0.2, -0.15) is 0 Å². The van der Waals surface area contributed by atoms with Gasteiger partial charge in [0.25, 0.3) is 0 Å². The molecule has 0 radical (unpaired) electrons. The molecule has 116 valence electrons. The van der Waals surface area contributed by atoms with Crippen LogP contribution in [0, 0.1) is 0 Å². The minimum absolute atomic E-state index is 0.147. The predicted molar refractivity (Wildman–Crippen MR) is 84.6 cm³/mol. The van der Waals surface area contributed by atoms with Crippen molar-refractivity contribution in [2.24, 2.45) is 0 Å². The van der Waals surface area contributed by atoms with E-state index in [1.54, 1.807) is 26.6 Å². The third-order valence-electron chi connectivity index (χ3n) is 4.04. The summed E-state index contributed by atoms with van der Waals surface area (Å²) in [4.78, 5) is 19.7. The summed E-state index contributed by atoms with van der Waals surface area (Å²) in [5.41, 5.74) is 2.10. The number of nitrogens with zero attached hydrogens (tertiary/aromatic N) is 4. The van der Waals surface area contributed by atoms with Crippen molar-refractivity contribution in [1.29, 1.82) is 0 Å². The number of methoxy groups -OCH3 is 1. The van der Waals surface area contributed by atoms with Crippen LogP contribution in [0.15, 0.2) is 36.9 Å². The molecule has 1 aromatic heterocycles. The van der Waals surface area contributed by atoms with Gasteiger partial charge in [-0.3, -0.25) is 4.79 Å². The van der Waals surface area contributed by atoms with E-state index in [-0.39, 0.29) is 5.91 Å². The number of rotatable bonds is 3. The van der Waals surface area contributed by atoms with Crippen molar-refractivity contribution in [1.82, 2.24) is 14.5 Å². The van der Waals surface area contributed by atoms with Gasteiger partial charge in [-0.1, -0.05) is 0 Å². The number of imidazole rings is 1. The Morgan fingerprint density at radius 2 is 2.00 bits per heavy atom. The molecule has 3 rings (SSSR count). The number of piperazine rings is 1. The fourth-order valence-electron chi connectivity index (χ4n) is 2.76. The van der Waals surface area contributed by atoms with E-state index < -0.39 is 0 Å². The number of anilines is 1. The maximum atomic E-state index is 11.4. The first kappa shape index (κ1) is 14.4. The molecule has 0 bridgehead atoms. The maximum Gasteiger partial charge on any atom is 0.219 e. The fraction of sp³-hybridized carbons (Fsp3) is 0.375. The summed E-state index contributed by atoms with van der Waals surface area (Å²) in [7, 11) is 1.67. The summed E-state index contributed by atoms with van der Waals surface area (Å²) in [6, 6.07) is 6.13. The summed E-state index contributed by atoms with van der Waals surface area (Å²) in [5, 5.41) is 0. The van der Waals surface area contributed by atoms with E-state index in [0.717, 1.165) is 43.3 Å². The number of benzene rings is 1. The molecule has 22 heavy (non-hydrogen) atoms. The average Bonchev–Trinajstić information content (AvgIpc) is 3.08. The molecule has 0 N–H and O–H groups in total. The molecule has 1 aliphatic heterocycles. The zero-order valence-corrected chi connectivity index (χ0v) is 12.9. The average molecular weight is 300 g/mol. The van der Waals surface area contributed by atoms with Crippen LogP contribution in [-0.4, -0.2) is 53.6 Å². The lowest BCUT2D eigenvalue weighted by Gasteiger charge is -2.35. The molecule has 0 atom stereocenters. The highest BCUT2D eigenvalue weighted by molar-refractivity contribution is 5.73. The van der Waals surface area contributed by atoms with Crippen LogP contribution in [0.3, 0.4) is 0 Å². The Bertz CT molecular complexity index is 646. The van der Waals surface area contributed by atoms with Crippen LogP contribution in [-0.2, 0) is 4.79 Å². The van der Waals surface area contributed by atoms with E-state index in [2.05, 4.69) is 22.0 Å². The first-order valence-electron chi connectivity index (χ1n) is 7.36. The molecule has 1 amide bonds. The normalized spacial score (nSPS) is 15.0. The van der Waals surface area contributed by atoms with Crippen LogP contribution >= 0.6 is 0 Å². The van der Waals surface area contributed by atoms with E-state index in [0.29, 0.717) is 0 Å². The lowest BCUT2D eigenvalue weighted by Crippen LogP contribution is -2.48. The van der Waals surface area contributed by atoms with Crippen LogP contribution in [0.1, 0.15) is 6.92 Å². The Hall–Kier alpha value is -2.50. The quantitative estimate of drug-likeness (QED) is 0.863. The molecule has 6 nitrogen and oxygen atoms in total. The number of aromatic nitrogens is 2. The second-order valence-electron chi connectivity index (χ2n) is 5.32. The Balaban J connectivity index is 1.84. The molecule has 1 saturated heterocycles. The standard InChI is InChI=1S/C16H20N4O2/c1-13(21)18-7-9-19(10-8-18)14-3-4-16(22-2)15(11-14)20-6-5-17-12-20/h3-6,11-12H,7-10H2,1-2H3. The highest BCUT2D eigenvalue weighted by Gasteiger charge is 2.19. The molecule has 6 heteroatoms. The van der Waals surface area contributed by atoms with E-state index in [1.807, 2.05) is 21.7 Å². The van der Waals surface area contributed by atoms with E-state index >= 15 is 0 Å². The van der Waals surface area contributed by atoms with Gasteiger partial charge in [-0.25, -0.2) is 4.98 Å². The minimum Gasteiger partial charge on any atom is -0.495 e. The summed E-state index contributed by atoms with van der Waals surface area (Å²) < 4.78 is 7.38. The van der Waals surface area contributed by atoms with Crippen LogP contribution in [0.5, 0.6) is 5.75 Å². The van der Waals surface area contributed by atoms with Gasteiger partial charge in [-0.05, 0) is 18.2 Å². The van der Waals surface area contributed by atoms with Gasteiger partial charge in [0.1, 0.15) is 5.75 Å².